The Balaban J connectivity index is 1.32. The van der Waals surface area contributed by atoms with Gasteiger partial charge in [-0.3, -0.25) is 19.3 Å². The number of halogens is 1. The van der Waals surface area contributed by atoms with Crippen molar-refractivity contribution in [3.8, 4) is 11.5 Å². The number of imide groups is 1. The highest BCUT2D eigenvalue weighted by Gasteiger charge is 2.69. The third-order valence-corrected chi connectivity index (χ3v) is 11.2. The van der Waals surface area contributed by atoms with E-state index < -0.39 is 17.7 Å². The minimum Gasteiger partial charge on any atom is -0.493 e. The van der Waals surface area contributed by atoms with Crippen molar-refractivity contribution in [2.75, 3.05) is 19.1 Å². The zero-order chi connectivity index (χ0) is 25.6. The predicted molar refractivity (Wildman–Crippen MR) is 137 cm³/mol. The second-order valence-corrected chi connectivity index (χ2v) is 12.3. The minimum atomic E-state index is -0.413. The van der Waals surface area contributed by atoms with Crippen LogP contribution in [0.5, 0.6) is 11.5 Å². The van der Waals surface area contributed by atoms with Crippen LogP contribution in [0.1, 0.15) is 22.8 Å². The summed E-state index contributed by atoms with van der Waals surface area (Å²) in [5.74, 6) is -0.394. The molecule has 1 saturated heterocycles. The van der Waals surface area contributed by atoms with E-state index >= 15 is 0 Å². The molecule has 7 atom stereocenters. The van der Waals surface area contributed by atoms with Crippen LogP contribution in [-0.2, 0) is 9.59 Å². The Morgan fingerprint density at radius 3 is 2.35 bits per heavy atom. The smallest absolute Gasteiger partial charge is 0.305 e. The molecule has 7 nitrogen and oxygen atoms in total. The molecule has 3 heterocycles. The molecule has 3 aromatic rings. The number of thiazole rings is 1. The van der Waals surface area contributed by atoms with Gasteiger partial charge in [-0.25, -0.2) is 4.39 Å². The lowest BCUT2D eigenvalue weighted by Crippen LogP contribution is -2.42. The van der Waals surface area contributed by atoms with E-state index in [1.54, 1.807) is 26.0 Å². The molecular weight excluding hydrogens is 515 g/mol. The van der Waals surface area contributed by atoms with Crippen LogP contribution in [0.15, 0.2) is 52.3 Å². The topological polar surface area (TPSA) is 88.7 Å². The first-order valence-electron chi connectivity index (χ1n) is 12.2. The highest BCUT2D eigenvalue weighted by Crippen LogP contribution is 2.68. The lowest BCUT2D eigenvalue weighted by Gasteiger charge is -2.43. The second-order valence-electron chi connectivity index (χ2n) is 10.1. The number of H-pyrrole nitrogens is 1. The summed E-state index contributed by atoms with van der Waals surface area (Å²) >= 11 is 2.86. The molecule has 1 aromatic heterocycles. The standard InChI is InChI=1S/C27H23FN2O5S2/c1-34-16-8-3-11(9-17(16)35-2)18-19-14-10-15(22(19)36-24-23(18)37-27(33)29-24)21-20(14)25(31)30(26(21)32)13-6-4-12(28)5-7-13/h3-9,14-15,18-22H,10H2,1-2H3,(H,29,33)/t14-,15+,18+,19+,20+,21+,22-/m0/s1. The van der Waals surface area contributed by atoms with Crippen LogP contribution in [0.3, 0.4) is 0 Å². The van der Waals surface area contributed by atoms with Gasteiger partial charge in [0.25, 0.3) is 0 Å². The number of hydrogen-bond acceptors (Lipinski definition) is 7. The monoisotopic (exact) mass is 538 g/mol. The molecule has 190 valence electrons. The van der Waals surface area contributed by atoms with E-state index in [0.29, 0.717) is 17.2 Å². The number of nitrogens with one attached hydrogen (secondary N) is 1. The van der Waals surface area contributed by atoms with Gasteiger partial charge >= 0.3 is 4.87 Å². The molecule has 37 heavy (non-hydrogen) atoms. The van der Waals surface area contributed by atoms with Gasteiger partial charge in [0.15, 0.2) is 11.5 Å². The van der Waals surface area contributed by atoms with Gasteiger partial charge in [-0.15, -0.1) is 11.8 Å². The molecule has 2 saturated carbocycles. The van der Waals surface area contributed by atoms with Gasteiger partial charge in [-0.05, 0) is 66.1 Å². The van der Waals surface area contributed by atoms with Gasteiger partial charge in [0.05, 0.1) is 36.8 Å². The molecule has 2 bridgehead atoms. The molecule has 2 aromatic carbocycles. The van der Waals surface area contributed by atoms with Crippen LogP contribution in [0.4, 0.5) is 10.1 Å². The van der Waals surface area contributed by atoms with Crippen molar-refractivity contribution in [2.24, 2.45) is 29.6 Å². The van der Waals surface area contributed by atoms with E-state index in [1.807, 2.05) is 18.2 Å². The number of rotatable bonds is 4. The van der Waals surface area contributed by atoms with Gasteiger partial charge in [0.1, 0.15) is 5.82 Å². The maximum atomic E-state index is 13.7. The van der Waals surface area contributed by atoms with Gasteiger partial charge in [-0.1, -0.05) is 17.4 Å². The summed E-state index contributed by atoms with van der Waals surface area (Å²) in [7, 11) is 3.18. The maximum absolute atomic E-state index is 13.7. The number of benzene rings is 2. The SMILES string of the molecule is COc1ccc([C@H]2c3sc(=O)[nH]c3S[C@H]3[C@@H]4C[C@H]([C@H]5C(=O)N(c6ccc(F)cc6)C(=O)[C@H]45)[C@H]23)cc1OC. The minimum absolute atomic E-state index is 0.00199. The Labute approximate surface area is 220 Å². The summed E-state index contributed by atoms with van der Waals surface area (Å²) in [4.78, 5) is 44.9. The Hall–Kier alpha value is -3.11. The first kappa shape index (κ1) is 23.0. The fourth-order valence-electron chi connectivity index (χ4n) is 7.28. The molecule has 3 fully saturated rings. The third kappa shape index (κ3) is 3.15. The van der Waals surface area contributed by atoms with Crippen LogP contribution in [0.2, 0.25) is 0 Å². The number of hydrogen-bond donors (Lipinski definition) is 1. The number of nitrogens with zero attached hydrogens (tertiary/aromatic N) is 1. The van der Waals surface area contributed by atoms with Crippen LogP contribution >= 0.6 is 23.1 Å². The average Bonchev–Trinajstić information content (AvgIpc) is 3.63. The van der Waals surface area contributed by atoms with Crippen molar-refractivity contribution in [3.05, 3.63) is 68.4 Å². The van der Waals surface area contributed by atoms with E-state index in [4.69, 9.17) is 9.47 Å². The lowest BCUT2D eigenvalue weighted by molar-refractivity contribution is -0.123. The number of methoxy groups -OCH3 is 2. The second kappa shape index (κ2) is 8.19. The van der Waals surface area contributed by atoms with E-state index in [-0.39, 0.29) is 45.6 Å². The number of aromatic amines is 1. The zero-order valence-electron chi connectivity index (χ0n) is 20.0. The molecule has 2 aliphatic carbocycles. The Morgan fingerprint density at radius 2 is 1.65 bits per heavy atom. The highest BCUT2D eigenvalue weighted by molar-refractivity contribution is 8.00. The fourth-order valence-corrected chi connectivity index (χ4v) is 10.2. The summed E-state index contributed by atoms with van der Waals surface area (Å²) in [5, 5.41) is 0.944. The molecule has 0 spiro atoms. The van der Waals surface area contributed by atoms with Gasteiger partial charge < -0.3 is 14.5 Å². The Kier molecular flexibility index (Phi) is 5.10. The predicted octanol–water partition coefficient (Wildman–Crippen LogP) is 4.27. The number of ether oxygens (including phenoxy) is 2. The average molecular weight is 539 g/mol. The zero-order valence-corrected chi connectivity index (χ0v) is 21.6. The van der Waals surface area contributed by atoms with Crippen molar-refractivity contribution in [3.63, 3.8) is 0 Å². The molecule has 2 amide bonds. The van der Waals surface area contributed by atoms with Crippen molar-refractivity contribution in [1.29, 1.82) is 0 Å². The number of carbonyl (C=O) groups excluding carboxylic acids is 2. The third-order valence-electron chi connectivity index (χ3n) is 8.58. The van der Waals surface area contributed by atoms with E-state index in [2.05, 4.69) is 4.98 Å². The van der Waals surface area contributed by atoms with E-state index in [0.717, 1.165) is 21.9 Å². The number of carbonyl (C=O) groups is 2. The molecule has 1 N–H and O–H groups in total. The van der Waals surface area contributed by atoms with Crippen LogP contribution in [-0.4, -0.2) is 36.3 Å². The van der Waals surface area contributed by atoms with Crippen molar-refractivity contribution in [2.45, 2.75) is 22.6 Å². The lowest BCUT2D eigenvalue weighted by atomic mass is 9.68. The molecule has 4 aliphatic rings. The van der Waals surface area contributed by atoms with E-state index in [1.165, 1.54) is 40.5 Å². The summed E-state index contributed by atoms with van der Waals surface area (Å²) in [6.45, 7) is 0. The Bertz CT molecular complexity index is 1500. The number of amides is 2. The normalized spacial score (nSPS) is 31.3. The quantitative estimate of drug-likeness (QED) is 0.499. The first-order chi connectivity index (χ1) is 17.9. The number of anilines is 1. The summed E-state index contributed by atoms with van der Waals surface area (Å²) in [5.41, 5.74) is 1.42. The van der Waals surface area contributed by atoms with Crippen molar-refractivity contribution < 1.29 is 23.5 Å². The van der Waals surface area contributed by atoms with Crippen LogP contribution in [0.25, 0.3) is 0 Å². The number of thioether (sulfide) groups is 1. The largest absolute Gasteiger partial charge is 0.493 e. The summed E-state index contributed by atoms with van der Waals surface area (Å²) in [6, 6.07) is 11.4. The molecule has 10 heteroatoms. The molecule has 0 radical (unpaired) electrons. The van der Waals surface area contributed by atoms with Crippen molar-refractivity contribution >= 4 is 40.6 Å². The molecule has 2 aliphatic heterocycles. The first-order valence-corrected chi connectivity index (χ1v) is 13.9. The molecule has 0 unspecified atom stereocenters. The maximum Gasteiger partial charge on any atom is 0.305 e. The Morgan fingerprint density at radius 1 is 0.946 bits per heavy atom. The van der Waals surface area contributed by atoms with Crippen LogP contribution < -0.4 is 19.2 Å². The summed E-state index contributed by atoms with van der Waals surface area (Å²) in [6.07, 6.45) is 0.801. The van der Waals surface area contributed by atoms with Gasteiger partial charge in [0, 0.05) is 16.0 Å². The van der Waals surface area contributed by atoms with Crippen LogP contribution in [0, 0.1) is 35.4 Å². The molecular formula is C27H23FN2O5S2. The van der Waals surface area contributed by atoms with E-state index in [9.17, 15) is 18.8 Å². The van der Waals surface area contributed by atoms with Crippen molar-refractivity contribution in [1.82, 2.24) is 4.98 Å². The fraction of sp³-hybridized carbons (Fsp3) is 0.370. The number of fused-ring (bicyclic) bond motifs is 9. The summed E-state index contributed by atoms with van der Waals surface area (Å²) < 4.78 is 24.6. The highest BCUT2D eigenvalue weighted by atomic mass is 32.2. The van der Waals surface area contributed by atoms with Gasteiger partial charge in [0.2, 0.25) is 11.8 Å². The number of aromatic nitrogens is 1. The molecule has 7 rings (SSSR count). The van der Waals surface area contributed by atoms with Gasteiger partial charge in [-0.2, -0.15) is 0 Å².